The molecule has 2 heterocycles. The monoisotopic (exact) mass is 367 g/mol. The highest BCUT2D eigenvalue weighted by atomic mass is 16.2. The molecule has 0 bridgehead atoms. The van der Waals surface area contributed by atoms with Crippen LogP contribution in [-0.4, -0.2) is 47.9 Å². The number of benzene rings is 1. The third-order valence-electron chi connectivity index (χ3n) is 4.17. The van der Waals surface area contributed by atoms with Crippen molar-refractivity contribution in [2.75, 3.05) is 25.0 Å². The second-order valence-electron chi connectivity index (χ2n) is 6.31. The summed E-state index contributed by atoms with van der Waals surface area (Å²) < 4.78 is 0. The summed E-state index contributed by atoms with van der Waals surface area (Å²) in [7, 11) is 1.95. The minimum atomic E-state index is -0.542. The minimum absolute atomic E-state index is 0.0930. The van der Waals surface area contributed by atoms with Crippen molar-refractivity contribution in [2.24, 2.45) is 0 Å². The molecule has 2 N–H and O–H groups in total. The van der Waals surface area contributed by atoms with Crippen LogP contribution in [0.2, 0.25) is 0 Å². The molecule has 3 rings (SSSR count). The smallest absolute Gasteiger partial charge is 0.325 e. The maximum Gasteiger partial charge on any atom is 0.325 e. The molecule has 0 radical (unpaired) electrons. The van der Waals surface area contributed by atoms with Gasteiger partial charge in [0, 0.05) is 31.9 Å². The summed E-state index contributed by atoms with van der Waals surface area (Å²) in [5.41, 5.74) is 2.02. The van der Waals surface area contributed by atoms with Crippen molar-refractivity contribution in [3.63, 3.8) is 0 Å². The summed E-state index contributed by atoms with van der Waals surface area (Å²) in [6, 6.07) is 13.2. The molecule has 0 atom stereocenters. The summed E-state index contributed by atoms with van der Waals surface area (Å²) in [5.74, 6) is 0.0426. The van der Waals surface area contributed by atoms with Gasteiger partial charge in [0.1, 0.15) is 18.9 Å². The number of nitrogens with zero attached hydrogens (tertiary/aromatic N) is 3. The predicted octanol–water partition coefficient (Wildman–Crippen LogP) is 0.886. The van der Waals surface area contributed by atoms with Crippen LogP contribution in [0.3, 0.4) is 0 Å². The lowest BCUT2D eigenvalue weighted by Gasteiger charge is -2.21. The maximum atomic E-state index is 12.1. The van der Waals surface area contributed by atoms with E-state index < -0.39 is 11.9 Å². The van der Waals surface area contributed by atoms with Gasteiger partial charge in [0.05, 0.1) is 0 Å². The second-order valence-corrected chi connectivity index (χ2v) is 6.31. The van der Waals surface area contributed by atoms with Crippen LogP contribution < -0.4 is 15.5 Å². The van der Waals surface area contributed by atoms with Crippen molar-refractivity contribution >= 4 is 23.7 Å². The topological polar surface area (TPSA) is 94.6 Å². The van der Waals surface area contributed by atoms with E-state index in [-0.39, 0.29) is 25.5 Å². The van der Waals surface area contributed by atoms with Gasteiger partial charge in [-0.1, -0.05) is 36.4 Å². The molecule has 1 aliphatic rings. The highest BCUT2D eigenvalue weighted by Crippen LogP contribution is 2.18. The van der Waals surface area contributed by atoms with E-state index in [1.165, 1.54) is 4.90 Å². The van der Waals surface area contributed by atoms with Crippen LogP contribution in [0.4, 0.5) is 10.6 Å². The van der Waals surface area contributed by atoms with E-state index >= 15 is 0 Å². The Bertz CT molecular complexity index is 840. The van der Waals surface area contributed by atoms with Crippen LogP contribution in [0.1, 0.15) is 11.1 Å². The lowest BCUT2D eigenvalue weighted by molar-refractivity contribution is -0.122. The van der Waals surface area contributed by atoms with Crippen LogP contribution in [0.5, 0.6) is 0 Å². The van der Waals surface area contributed by atoms with Crippen molar-refractivity contribution in [2.45, 2.75) is 13.1 Å². The van der Waals surface area contributed by atoms with E-state index in [4.69, 9.17) is 0 Å². The lowest BCUT2D eigenvalue weighted by atomic mass is 10.2. The van der Waals surface area contributed by atoms with E-state index in [9.17, 15) is 14.4 Å². The molecule has 1 aliphatic heterocycles. The molecule has 8 heteroatoms. The molecule has 0 unspecified atom stereocenters. The number of carbonyl (C=O) groups is 3. The Morgan fingerprint density at radius 3 is 2.70 bits per heavy atom. The zero-order valence-electron chi connectivity index (χ0n) is 15.0. The molecular weight excluding hydrogens is 346 g/mol. The second kappa shape index (κ2) is 8.31. The fourth-order valence-electron chi connectivity index (χ4n) is 2.88. The van der Waals surface area contributed by atoms with Crippen LogP contribution in [0.25, 0.3) is 0 Å². The summed E-state index contributed by atoms with van der Waals surface area (Å²) >= 11 is 0. The van der Waals surface area contributed by atoms with E-state index in [0.717, 1.165) is 16.9 Å². The van der Waals surface area contributed by atoms with Gasteiger partial charge in [-0.3, -0.25) is 14.9 Å². The van der Waals surface area contributed by atoms with Gasteiger partial charge in [-0.05, 0) is 11.6 Å². The Balaban J connectivity index is 1.59. The number of rotatable bonds is 7. The normalized spacial score (nSPS) is 13.4. The SMILES string of the molecule is CN(Cc1ccccc1)c1ncccc1CNC(=O)CN1CC(=O)NC1=O. The van der Waals surface area contributed by atoms with Crippen LogP contribution >= 0.6 is 0 Å². The third kappa shape index (κ3) is 4.81. The van der Waals surface area contributed by atoms with Crippen LogP contribution in [0, 0.1) is 0 Å². The van der Waals surface area contributed by atoms with Crippen molar-refractivity contribution in [3.05, 3.63) is 59.8 Å². The van der Waals surface area contributed by atoms with Gasteiger partial charge >= 0.3 is 6.03 Å². The number of carbonyl (C=O) groups excluding carboxylic acids is 3. The first-order valence-corrected chi connectivity index (χ1v) is 8.57. The van der Waals surface area contributed by atoms with E-state index in [1.807, 2.05) is 54.4 Å². The first kappa shape index (κ1) is 18.4. The highest BCUT2D eigenvalue weighted by Gasteiger charge is 2.28. The van der Waals surface area contributed by atoms with E-state index in [1.54, 1.807) is 6.20 Å². The minimum Gasteiger partial charge on any atom is -0.355 e. The van der Waals surface area contributed by atoms with Gasteiger partial charge in [-0.2, -0.15) is 0 Å². The molecule has 0 saturated carbocycles. The molecule has 8 nitrogen and oxygen atoms in total. The quantitative estimate of drug-likeness (QED) is 0.709. The predicted molar refractivity (Wildman–Crippen MR) is 99.7 cm³/mol. The number of nitrogens with one attached hydrogen (secondary N) is 2. The number of amides is 4. The molecule has 4 amide bonds. The fourth-order valence-corrected chi connectivity index (χ4v) is 2.88. The van der Waals surface area contributed by atoms with Crippen molar-refractivity contribution in [1.82, 2.24) is 20.5 Å². The number of pyridine rings is 1. The summed E-state index contributed by atoms with van der Waals surface area (Å²) in [6.45, 7) is 0.719. The highest BCUT2D eigenvalue weighted by molar-refractivity contribution is 6.03. The van der Waals surface area contributed by atoms with E-state index in [0.29, 0.717) is 6.54 Å². The zero-order valence-corrected chi connectivity index (χ0v) is 15.0. The Labute approximate surface area is 157 Å². The Kier molecular flexibility index (Phi) is 5.65. The van der Waals surface area contributed by atoms with Gasteiger partial charge in [0.2, 0.25) is 11.8 Å². The third-order valence-corrected chi connectivity index (χ3v) is 4.17. The Hall–Kier alpha value is -3.42. The van der Waals surface area contributed by atoms with E-state index in [2.05, 4.69) is 15.6 Å². The van der Waals surface area contributed by atoms with Crippen molar-refractivity contribution in [3.8, 4) is 0 Å². The number of hydrogen-bond acceptors (Lipinski definition) is 5. The average Bonchev–Trinajstić information content (AvgIpc) is 2.98. The molecule has 1 saturated heterocycles. The maximum absolute atomic E-state index is 12.1. The molecule has 2 aromatic rings. The molecule has 140 valence electrons. The van der Waals surface area contributed by atoms with Gasteiger partial charge in [-0.15, -0.1) is 0 Å². The Morgan fingerprint density at radius 2 is 2.00 bits per heavy atom. The molecular formula is C19H21N5O3. The molecule has 27 heavy (non-hydrogen) atoms. The number of hydrogen-bond donors (Lipinski definition) is 2. The first-order chi connectivity index (χ1) is 13.0. The number of aromatic nitrogens is 1. The molecule has 0 spiro atoms. The van der Waals surface area contributed by atoms with Gasteiger partial charge in [-0.25, -0.2) is 9.78 Å². The van der Waals surface area contributed by atoms with Crippen LogP contribution in [0.15, 0.2) is 48.7 Å². The molecule has 1 aromatic heterocycles. The Morgan fingerprint density at radius 1 is 1.22 bits per heavy atom. The number of imide groups is 1. The fraction of sp³-hybridized carbons (Fsp3) is 0.263. The molecule has 1 aromatic carbocycles. The number of urea groups is 1. The van der Waals surface area contributed by atoms with Gasteiger partial charge < -0.3 is 15.1 Å². The summed E-state index contributed by atoms with van der Waals surface area (Å²) in [5, 5.41) is 4.93. The largest absolute Gasteiger partial charge is 0.355 e. The summed E-state index contributed by atoms with van der Waals surface area (Å²) in [4.78, 5) is 42.4. The lowest BCUT2D eigenvalue weighted by Crippen LogP contribution is -2.38. The zero-order chi connectivity index (χ0) is 19.2. The summed E-state index contributed by atoms with van der Waals surface area (Å²) in [6.07, 6.45) is 1.71. The van der Waals surface area contributed by atoms with Gasteiger partial charge in [0.25, 0.3) is 0 Å². The number of anilines is 1. The standard InChI is InChI=1S/C19H21N5O3/c1-23(11-14-6-3-2-4-7-14)18-15(8-5-9-20-18)10-21-16(25)12-24-13-17(26)22-19(24)27/h2-9H,10-13H2,1H3,(H,21,25)(H,22,26,27). The first-order valence-electron chi connectivity index (χ1n) is 8.57. The van der Waals surface area contributed by atoms with Gasteiger partial charge in [0.15, 0.2) is 0 Å². The molecule has 1 fully saturated rings. The average molecular weight is 367 g/mol. The van der Waals surface area contributed by atoms with Crippen molar-refractivity contribution < 1.29 is 14.4 Å². The van der Waals surface area contributed by atoms with Crippen molar-refractivity contribution in [1.29, 1.82) is 0 Å². The molecule has 0 aliphatic carbocycles. The van der Waals surface area contributed by atoms with Crippen LogP contribution in [-0.2, 0) is 22.7 Å².